The molecule has 1 atom stereocenters. The summed E-state index contributed by atoms with van der Waals surface area (Å²) >= 11 is 0. The molecule has 3 aromatic carbocycles. The maximum Gasteiger partial charge on any atom is 0.407 e. The molecule has 0 fully saturated rings. The SMILES string of the molecule is O=C(O)C[C@H](NC(=O)OCC1c2ccccc2-c2ccccc21)c1coc2ccccc12. The van der Waals surface area contributed by atoms with Crippen LogP contribution >= 0.6 is 0 Å². The molecule has 6 heteroatoms. The largest absolute Gasteiger partial charge is 0.481 e. The van der Waals surface area contributed by atoms with Gasteiger partial charge in [0.05, 0.1) is 18.7 Å². The van der Waals surface area contributed by atoms with E-state index in [1.807, 2.05) is 54.6 Å². The van der Waals surface area contributed by atoms with Gasteiger partial charge in [-0.15, -0.1) is 0 Å². The minimum Gasteiger partial charge on any atom is -0.481 e. The predicted molar refractivity (Wildman–Crippen MR) is 119 cm³/mol. The van der Waals surface area contributed by atoms with Gasteiger partial charge in [0.2, 0.25) is 0 Å². The highest BCUT2D eigenvalue weighted by Gasteiger charge is 2.30. The average Bonchev–Trinajstić information content (AvgIpc) is 3.36. The fraction of sp³-hybridized carbons (Fsp3) is 0.154. The number of hydrogen-bond acceptors (Lipinski definition) is 4. The standard InChI is InChI=1S/C26H21NO5/c28-25(29)13-23(22-15-31-24-12-6-5-11-20(22)24)27-26(30)32-14-21-18-9-3-1-7-16(18)17-8-2-4-10-19(17)21/h1-12,15,21,23H,13-14H2,(H,27,30)(H,28,29)/t23-/m0/s1. The van der Waals surface area contributed by atoms with Crippen molar-refractivity contribution in [2.75, 3.05) is 6.61 Å². The zero-order valence-electron chi connectivity index (χ0n) is 17.2. The normalized spacial score (nSPS) is 13.4. The molecular weight excluding hydrogens is 406 g/mol. The Morgan fingerprint density at radius 1 is 0.938 bits per heavy atom. The quantitative estimate of drug-likeness (QED) is 0.425. The van der Waals surface area contributed by atoms with Crippen LogP contribution in [0.3, 0.4) is 0 Å². The third kappa shape index (κ3) is 3.60. The number of carboxylic acid groups (broad SMARTS) is 1. The molecule has 1 heterocycles. The Morgan fingerprint density at radius 2 is 1.56 bits per heavy atom. The van der Waals surface area contributed by atoms with Gasteiger partial charge in [-0.25, -0.2) is 4.79 Å². The van der Waals surface area contributed by atoms with Crippen LogP contribution in [0.15, 0.2) is 83.5 Å². The molecule has 0 bridgehead atoms. The number of fused-ring (bicyclic) bond motifs is 4. The number of aliphatic carboxylic acids is 1. The lowest BCUT2D eigenvalue weighted by Crippen LogP contribution is -2.31. The smallest absolute Gasteiger partial charge is 0.407 e. The van der Waals surface area contributed by atoms with E-state index in [1.165, 1.54) is 6.26 Å². The Kier molecular flexibility index (Phi) is 5.11. The molecule has 1 amide bonds. The van der Waals surface area contributed by atoms with Gasteiger partial charge in [0.15, 0.2) is 0 Å². The highest BCUT2D eigenvalue weighted by Crippen LogP contribution is 2.44. The van der Waals surface area contributed by atoms with Crippen LogP contribution in [0, 0.1) is 0 Å². The highest BCUT2D eigenvalue weighted by atomic mass is 16.5. The van der Waals surface area contributed by atoms with E-state index in [0.29, 0.717) is 11.1 Å². The molecule has 2 N–H and O–H groups in total. The molecule has 1 aliphatic rings. The van der Waals surface area contributed by atoms with Crippen molar-refractivity contribution in [3.05, 3.63) is 95.7 Å². The van der Waals surface area contributed by atoms with E-state index in [2.05, 4.69) is 17.4 Å². The topological polar surface area (TPSA) is 88.8 Å². The summed E-state index contributed by atoms with van der Waals surface area (Å²) in [5.74, 6) is -1.10. The zero-order chi connectivity index (χ0) is 22.1. The predicted octanol–water partition coefficient (Wildman–Crippen LogP) is 5.49. The Hall–Kier alpha value is -4.06. The van der Waals surface area contributed by atoms with Crippen LogP contribution < -0.4 is 5.32 Å². The van der Waals surface area contributed by atoms with E-state index in [-0.39, 0.29) is 18.9 Å². The Morgan fingerprint density at radius 3 is 2.25 bits per heavy atom. The summed E-state index contributed by atoms with van der Waals surface area (Å²) in [5.41, 5.74) is 5.76. The first-order valence-corrected chi connectivity index (χ1v) is 10.4. The maximum absolute atomic E-state index is 12.7. The monoisotopic (exact) mass is 427 g/mol. The minimum absolute atomic E-state index is 0.0687. The number of carbonyl (C=O) groups is 2. The van der Waals surface area contributed by atoms with Gasteiger partial charge in [0.1, 0.15) is 12.2 Å². The molecule has 0 saturated carbocycles. The van der Waals surface area contributed by atoms with Crippen molar-refractivity contribution in [2.24, 2.45) is 0 Å². The first-order chi connectivity index (χ1) is 15.6. The lowest BCUT2D eigenvalue weighted by atomic mass is 9.98. The lowest BCUT2D eigenvalue weighted by molar-refractivity contribution is -0.137. The van der Waals surface area contributed by atoms with E-state index in [0.717, 1.165) is 27.6 Å². The number of amides is 1. The van der Waals surface area contributed by atoms with Crippen LogP contribution in [0.1, 0.15) is 35.1 Å². The summed E-state index contributed by atoms with van der Waals surface area (Å²) in [4.78, 5) is 24.1. The second-order valence-electron chi connectivity index (χ2n) is 7.81. The summed E-state index contributed by atoms with van der Waals surface area (Å²) < 4.78 is 11.1. The molecule has 0 radical (unpaired) electrons. The second-order valence-corrected chi connectivity index (χ2v) is 7.81. The summed E-state index contributed by atoms with van der Waals surface area (Å²) in [6.07, 6.45) is 0.541. The van der Waals surface area contributed by atoms with Crippen molar-refractivity contribution in [3.8, 4) is 11.1 Å². The van der Waals surface area contributed by atoms with E-state index in [9.17, 15) is 14.7 Å². The molecule has 1 aliphatic carbocycles. The summed E-state index contributed by atoms with van der Waals surface area (Å²) in [7, 11) is 0. The van der Waals surface area contributed by atoms with Crippen LogP contribution in [0.4, 0.5) is 4.79 Å². The van der Waals surface area contributed by atoms with Crippen LogP contribution in [-0.4, -0.2) is 23.8 Å². The lowest BCUT2D eigenvalue weighted by Gasteiger charge is -2.18. The number of para-hydroxylation sites is 1. The van der Waals surface area contributed by atoms with E-state index >= 15 is 0 Å². The molecule has 4 aromatic rings. The van der Waals surface area contributed by atoms with Crippen molar-refractivity contribution in [1.29, 1.82) is 0 Å². The summed E-state index contributed by atoms with van der Waals surface area (Å²) in [6.45, 7) is 0.159. The number of hydrogen-bond donors (Lipinski definition) is 2. The highest BCUT2D eigenvalue weighted by molar-refractivity contribution is 5.83. The number of furan rings is 1. The third-order valence-corrected chi connectivity index (χ3v) is 5.90. The van der Waals surface area contributed by atoms with Gasteiger partial charge >= 0.3 is 12.1 Å². The van der Waals surface area contributed by atoms with Crippen molar-refractivity contribution < 1.29 is 23.8 Å². The molecular formula is C26H21NO5. The van der Waals surface area contributed by atoms with Crippen molar-refractivity contribution in [3.63, 3.8) is 0 Å². The minimum atomic E-state index is -1.03. The van der Waals surface area contributed by atoms with Gasteiger partial charge < -0.3 is 19.6 Å². The second kappa shape index (κ2) is 8.23. The first kappa shape index (κ1) is 19.9. The number of rotatable bonds is 6. The van der Waals surface area contributed by atoms with Gasteiger partial charge in [-0.1, -0.05) is 66.7 Å². The van der Waals surface area contributed by atoms with Crippen LogP contribution in [-0.2, 0) is 9.53 Å². The fourth-order valence-corrected chi connectivity index (χ4v) is 4.46. The van der Waals surface area contributed by atoms with Crippen molar-refractivity contribution in [1.82, 2.24) is 5.32 Å². The van der Waals surface area contributed by atoms with Crippen LogP contribution in [0.5, 0.6) is 0 Å². The molecule has 1 aromatic heterocycles. The molecule has 6 nitrogen and oxygen atoms in total. The van der Waals surface area contributed by atoms with E-state index in [1.54, 1.807) is 6.07 Å². The fourth-order valence-electron chi connectivity index (χ4n) is 4.46. The van der Waals surface area contributed by atoms with Crippen molar-refractivity contribution in [2.45, 2.75) is 18.4 Å². The number of carbonyl (C=O) groups excluding carboxylic acids is 1. The number of alkyl carbamates (subject to hydrolysis) is 1. The van der Waals surface area contributed by atoms with Crippen LogP contribution in [0.25, 0.3) is 22.1 Å². The van der Waals surface area contributed by atoms with Crippen LogP contribution in [0.2, 0.25) is 0 Å². The van der Waals surface area contributed by atoms with Gasteiger partial charge in [-0.3, -0.25) is 4.79 Å². The van der Waals surface area contributed by atoms with Gasteiger partial charge in [0, 0.05) is 16.9 Å². The van der Waals surface area contributed by atoms with Gasteiger partial charge in [-0.2, -0.15) is 0 Å². The maximum atomic E-state index is 12.7. The average molecular weight is 427 g/mol. The summed E-state index contributed by atoms with van der Waals surface area (Å²) in [6, 6.07) is 22.7. The molecule has 0 unspecified atom stereocenters. The number of benzene rings is 3. The molecule has 0 spiro atoms. The zero-order valence-corrected chi connectivity index (χ0v) is 17.2. The number of ether oxygens (including phenoxy) is 1. The first-order valence-electron chi connectivity index (χ1n) is 10.4. The van der Waals surface area contributed by atoms with Gasteiger partial charge in [-0.05, 0) is 28.3 Å². The molecule has 160 valence electrons. The Labute approximate surface area is 184 Å². The Bertz CT molecular complexity index is 1260. The number of nitrogens with one attached hydrogen (secondary N) is 1. The molecule has 32 heavy (non-hydrogen) atoms. The van der Waals surface area contributed by atoms with Gasteiger partial charge in [0.25, 0.3) is 0 Å². The van der Waals surface area contributed by atoms with E-state index < -0.39 is 18.1 Å². The third-order valence-electron chi connectivity index (χ3n) is 5.90. The molecule has 0 aliphatic heterocycles. The van der Waals surface area contributed by atoms with E-state index in [4.69, 9.17) is 9.15 Å². The molecule has 0 saturated heterocycles. The van der Waals surface area contributed by atoms with Crippen molar-refractivity contribution >= 4 is 23.0 Å². The number of carboxylic acids is 1. The summed E-state index contributed by atoms with van der Waals surface area (Å²) in [5, 5.41) is 12.8. The molecule has 5 rings (SSSR count). The Balaban J connectivity index is 1.34.